The fourth-order valence-electron chi connectivity index (χ4n) is 2.61. The lowest BCUT2D eigenvalue weighted by Gasteiger charge is -2.25. The van der Waals surface area contributed by atoms with Crippen molar-refractivity contribution in [2.24, 2.45) is 0 Å². The molecule has 2 aromatic rings. The van der Waals surface area contributed by atoms with Crippen LogP contribution in [0.3, 0.4) is 0 Å². The minimum absolute atomic E-state index is 0.189. The second-order valence-electron chi connectivity index (χ2n) is 7.77. The first-order valence-corrected chi connectivity index (χ1v) is 8.91. The van der Waals surface area contributed by atoms with Crippen LogP contribution in [0.5, 0.6) is 5.75 Å². The summed E-state index contributed by atoms with van der Waals surface area (Å²) in [5, 5.41) is 0. The highest BCUT2D eigenvalue weighted by molar-refractivity contribution is 6.49. The molecule has 0 radical (unpaired) electrons. The van der Waals surface area contributed by atoms with Gasteiger partial charge in [0.25, 0.3) is 0 Å². The Labute approximate surface area is 156 Å². The highest BCUT2D eigenvalue weighted by Crippen LogP contribution is 2.31. The second kappa shape index (κ2) is 8.28. The molecule has 0 aromatic heterocycles. The maximum absolute atomic E-state index is 12.9. The van der Waals surface area contributed by atoms with Crippen molar-refractivity contribution < 1.29 is 18.8 Å². The van der Waals surface area contributed by atoms with Gasteiger partial charge in [-0.1, -0.05) is 56.3 Å². The summed E-state index contributed by atoms with van der Waals surface area (Å²) in [5.41, 5.74) is 1.68. The van der Waals surface area contributed by atoms with E-state index < -0.39 is 11.6 Å². The van der Waals surface area contributed by atoms with Gasteiger partial charge >= 0.3 is 0 Å². The number of benzene rings is 2. The van der Waals surface area contributed by atoms with Crippen LogP contribution in [0, 0.1) is 0 Å². The molecule has 26 heavy (non-hydrogen) atoms. The Kier molecular flexibility index (Phi) is 6.32. The van der Waals surface area contributed by atoms with Gasteiger partial charge in [-0.15, -0.1) is 0 Å². The highest BCUT2D eigenvalue weighted by atomic mass is 16.5. The van der Waals surface area contributed by atoms with Crippen LogP contribution < -0.4 is 4.74 Å². The molecule has 0 spiro atoms. The topological polar surface area (TPSA) is 43.4 Å². The molecule has 0 atom stereocenters. The van der Waals surface area contributed by atoms with Crippen LogP contribution in [0.4, 0.5) is 0 Å². The van der Waals surface area contributed by atoms with Gasteiger partial charge in [-0.2, -0.15) is 0 Å². The Morgan fingerprint density at radius 1 is 0.923 bits per heavy atom. The minimum atomic E-state index is -0.529. The molecule has 0 aliphatic carbocycles. The lowest BCUT2D eigenvalue weighted by atomic mass is 9.94. The molecule has 0 saturated heterocycles. The van der Waals surface area contributed by atoms with Crippen molar-refractivity contribution in [3.8, 4) is 5.75 Å². The molecule has 0 fully saturated rings. The molecular weight excluding hydrogens is 326 g/mol. The predicted octanol–water partition coefficient (Wildman–Crippen LogP) is 3.96. The Hall–Kier alpha value is -2.46. The monoisotopic (exact) mass is 354 g/mol. The Balaban J connectivity index is 2.36. The number of Topliss-reactive ketones (excluding diaryl/α,β-unsaturated/α-hetero) is 2. The molecule has 4 heteroatoms. The Morgan fingerprint density at radius 2 is 1.58 bits per heavy atom. The predicted molar refractivity (Wildman–Crippen MR) is 104 cm³/mol. The van der Waals surface area contributed by atoms with Crippen LogP contribution in [0.2, 0.25) is 0 Å². The number of ketones is 2. The summed E-state index contributed by atoms with van der Waals surface area (Å²) in [4.78, 5) is 25.5. The van der Waals surface area contributed by atoms with Gasteiger partial charge in [-0.3, -0.25) is 9.59 Å². The molecule has 0 N–H and O–H groups in total. The van der Waals surface area contributed by atoms with Crippen molar-refractivity contribution in [1.82, 2.24) is 0 Å². The smallest absolute Gasteiger partial charge is 0.237 e. The molecule has 2 aromatic carbocycles. The number of para-hydroxylation sites is 1. The molecule has 0 heterocycles. The lowest BCUT2D eigenvalue weighted by molar-refractivity contribution is -0.870. The number of ether oxygens (including phenoxy) is 1. The van der Waals surface area contributed by atoms with Crippen LogP contribution in [0.25, 0.3) is 0 Å². The van der Waals surface area contributed by atoms with E-state index in [1.54, 1.807) is 30.3 Å². The molecular formula is C22H28NO3+. The van der Waals surface area contributed by atoms with E-state index in [-0.39, 0.29) is 5.92 Å². The standard InChI is InChI=1S/C22H28NO3/c1-16(2)18-12-9-13-19(22(18)26-15-14-23(3,4)5)21(25)20(24)17-10-7-6-8-11-17/h6-13,16H,14-15H2,1-5H3/q+1. The van der Waals surface area contributed by atoms with E-state index in [2.05, 4.69) is 35.0 Å². The summed E-state index contributed by atoms with van der Waals surface area (Å²) >= 11 is 0. The van der Waals surface area contributed by atoms with Gasteiger partial charge in [-0.25, -0.2) is 0 Å². The third kappa shape index (κ3) is 5.02. The first-order valence-electron chi connectivity index (χ1n) is 8.91. The van der Waals surface area contributed by atoms with E-state index in [1.165, 1.54) is 0 Å². The van der Waals surface area contributed by atoms with Crippen molar-refractivity contribution in [3.63, 3.8) is 0 Å². The molecule has 0 saturated carbocycles. The van der Waals surface area contributed by atoms with Crippen molar-refractivity contribution in [2.75, 3.05) is 34.3 Å². The second-order valence-corrected chi connectivity index (χ2v) is 7.77. The van der Waals surface area contributed by atoms with Gasteiger partial charge in [0.1, 0.15) is 18.9 Å². The number of likely N-dealkylation sites (N-methyl/N-ethyl adjacent to an activating group) is 1. The number of hydrogen-bond acceptors (Lipinski definition) is 3. The zero-order valence-corrected chi connectivity index (χ0v) is 16.3. The molecule has 4 nitrogen and oxygen atoms in total. The van der Waals surface area contributed by atoms with Crippen molar-refractivity contribution in [2.45, 2.75) is 19.8 Å². The van der Waals surface area contributed by atoms with Gasteiger partial charge in [0.2, 0.25) is 11.6 Å². The molecule has 0 amide bonds. The van der Waals surface area contributed by atoms with E-state index in [9.17, 15) is 9.59 Å². The van der Waals surface area contributed by atoms with Crippen LogP contribution >= 0.6 is 0 Å². The summed E-state index contributed by atoms with van der Waals surface area (Å²) in [5.74, 6) is -0.319. The van der Waals surface area contributed by atoms with Crippen molar-refractivity contribution in [3.05, 3.63) is 65.2 Å². The SMILES string of the molecule is CC(C)c1cccc(C(=O)C(=O)c2ccccc2)c1OCC[N+](C)(C)C. The Morgan fingerprint density at radius 3 is 2.15 bits per heavy atom. The van der Waals surface area contributed by atoms with Gasteiger partial charge in [0.05, 0.1) is 26.7 Å². The van der Waals surface area contributed by atoms with Gasteiger partial charge in [-0.05, 0) is 17.5 Å². The van der Waals surface area contributed by atoms with E-state index >= 15 is 0 Å². The largest absolute Gasteiger partial charge is 0.487 e. The van der Waals surface area contributed by atoms with Crippen molar-refractivity contribution >= 4 is 11.6 Å². The first kappa shape index (κ1) is 19.9. The van der Waals surface area contributed by atoms with Gasteiger partial charge in [0.15, 0.2) is 0 Å². The van der Waals surface area contributed by atoms with E-state index in [4.69, 9.17) is 4.74 Å². The number of carbonyl (C=O) groups is 2. The summed E-state index contributed by atoms with van der Waals surface area (Å²) in [6.07, 6.45) is 0. The average molecular weight is 354 g/mol. The third-order valence-electron chi connectivity index (χ3n) is 4.16. The zero-order chi connectivity index (χ0) is 19.3. The number of nitrogens with zero attached hydrogens (tertiary/aromatic N) is 1. The summed E-state index contributed by atoms with van der Waals surface area (Å²) in [6.45, 7) is 5.38. The maximum atomic E-state index is 12.9. The van der Waals surface area contributed by atoms with E-state index in [0.29, 0.717) is 23.5 Å². The van der Waals surface area contributed by atoms with Crippen LogP contribution in [0.1, 0.15) is 46.0 Å². The molecule has 0 aliphatic heterocycles. The number of hydrogen-bond donors (Lipinski definition) is 0. The normalized spacial score (nSPS) is 11.5. The molecule has 0 aliphatic rings. The van der Waals surface area contributed by atoms with E-state index in [0.717, 1.165) is 16.6 Å². The van der Waals surface area contributed by atoms with Crippen LogP contribution in [-0.2, 0) is 0 Å². The summed E-state index contributed by atoms with van der Waals surface area (Å²) in [7, 11) is 6.26. The zero-order valence-electron chi connectivity index (χ0n) is 16.3. The fraction of sp³-hybridized carbons (Fsp3) is 0.364. The van der Waals surface area contributed by atoms with Crippen LogP contribution in [-0.4, -0.2) is 50.3 Å². The first-order chi connectivity index (χ1) is 12.2. The molecule has 2 rings (SSSR count). The van der Waals surface area contributed by atoms with Crippen LogP contribution in [0.15, 0.2) is 48.5 Å². The number of carbonyl (C=O) groups excluding carboxylic acids is 2. The molecule has 0 bridgehead atoms. The summed E-state index contributed by atoms with van der Waals surface area (Å²) < 4.78 is 6.78. The average Bonchev–Trinajstić information content (AvgIpc) is 2.60. The lowest BCUT2D eigenvalue weighted by Crippen LogP contribution is -2.38. The quantitative estimate of drug-likeness (QED) is 0.409. The highest BCUT2D eigenvalue weighted by Gasteiger charge is 2.24. The van der Waals surface area contributed by atoms with Gasteiger partial charge < -0.3 is 9.22 Å². The number of quaternary nitrogens is 1. The van der Waals surface area contributed by atoms with E-state index in [1.807, 2.05) is 18.2 Å². The number of rotatable bonds is 8. The Bertz CT molecular complexity index is 774. The maximum Gasteiger partial charge on any atom is 0.237 e. The minimum Gasteiger partial charge on any atom is -0.487 e. The summed E-state index contributed by atoms with van der Waals surface area (Å²) in [6, 6.07) is 14.1. The van der Waals surface area contributed by atoms with Crippen molar-refractivity contribution in [1.29, 1.82) is 0 Å². The molecule has 138 valence electrons. The fourth-order valence-corrected chi connectivity index (χ4v) is 2.61. The molecule has 0 unspecified atom stereocenters. The van der Waals surface area contributed by atoms with Gasteiger partial charge in [0, 0.05) is 5.56 Å². The third-order valence-corrected chi connectivity index (χ3v) is 4.16.